The first-order chi connectivity index (χ1) is 9.31. The van der Waals surface area contributed by atoms with E-state index in [-0.39, 0.29) is 5.91 Å². The van der Waals surface area contributed by atoms with E-state index in [0.29, 0.717) is 26.2 Å². The van der Waals surface area contributed by atoms with Crippen molar-refractivity contribution in [3.63, 3.8) is 0 Å². The summed E-state index contributed by atoms with van der Waals surface area (Å²) < 4.78 is 4.87. The minimum atomic E-state index is 0.111. The Morgan fingerprint density at radius 1 is 1.00 bits per heavy atom. The van der Waals surface area contributed by atoms with Gasteiger partial charge in [0.15, 0.2) is 0 Å². The molecule has 3 N–H and O–H groups in total. The highest BCUT2D eigenvalue weighted by Gasteiger charge is 1.99. The molecule has 0 aromatic heterocycles. The van der Waals surface area contributed by atoms with Gasteiger partial charge in [-0.15, -0.1) is 0 Å². The average Bonchev–Trinajstić information content (AvgIpc) is 2.48. The molecule has 5 heteroatoms. The van der Waals surface area contributed by atoms with E-state index in [2.05, 4.69) is 10.2 Å². The number of hydrogen-bond donors (Lipinski definition) is 2. The minimum Gasteiger partial charge on any atom is -0.385 e. The van der Waals surface area contributed by atoms with E-state index < -0.39 is 0 Å². The molecule has 0 heterocycles. The van der Waals surface area contributed by atoms with Crippen LogP contribution in [0.15, 0.2) is 0 Å². The van der Waals surface area contributed by atoms with Crippen molar-refractivity contribution in [2.75, 3.05) is 26.9 Å². The topological polar surface area (TPSA) is 73.6 Å². The molecule has 5 nitrogen and oxygen atoms in total. The molecule has 1 amide bonds. The largest absolute Gasteiger partial charge is 0.385 e. The normalized spacial score (nSPS) is 8.74. The first-order valence-electron chi connectivity index (χ1n) is 7.38. The highest BCUT2D eigenvalue weighted by molar-refractivity contribution is 5.75. The van der Waals surface area contributed by atoms with Crippen molar-refractivity contribution in [2.45, 2.75) is 59.8 Å². The van der Waals surface area contributed by atoms with Gasteiger partial charge in [-0.2, -0.15) is 0 Å². The van der Waals surface area contributed by atoms with Crippen LogP contribution in [0.1, 0.15) is 59.8 Å². The number of methoxy groups -OCH3 is 1. The number of hydrogen-bond acceptors (Lipinski definition) is 4. The molecule has 0 fully saturated rings. The van der Waals surface area contributed by atoms with Gasteiger partial charge in [0.2, 0.25) is 5.91 Å². The number of rotatable bonds is 10. The Hall–Kier alpha value is -0.650. The maximum absolute atomic E-state index is 11.2. The Morgan fingerprint density at radius 3 is 2.16 bits per heavy atom. The van der Waals surface area contributed by atoms with Crippen LogP contribution in [0.5, 0.6) is 0 Å². The Balaban J connectivity index is -0.000000579. The molecular formula is C14H34N2O3. The van der Waals surface area contributed by atoms with E-state index in [1.165, 1.54) is 0 Å². The highest BCUT2D eigenvalue weighted by Crippen LogP contribution is 1.99. The molecule has 0 unspecified atom stereocenters. The third kappa shape index (κ3) is 26.8. The van der Waals surface area contributed by atoms with Crippen LogP contribution >= 0.6 is 0 Å². The van der Waals surface area contributed by atoms with Gasteiger partial charge in [-0.05, 0) is 19.3 Å². The number of carbonyl (C=O) groups excluding carboxylic acids is 1. The summed E-state index contributed by atoms with van der Waals surface area (Å²) in [7, 11) is 1.65. The fourth-order valence-electron chi connectivity index (χ4n) is 1.18. The van der Waals surface area contributed by atoms with Crippen LogP contribution in [0.4, 0.5) is 0 Å². The van der Waals surface area contributed by atoms with Crippen LogP contribution in [0, 0.1) is 0 Å². The zero-order valence-corrected chi connectivity index (χ0v) is 13.5. The lowest BCUT2D eigenvalue weighted by atomic mass is 10.2. The van der Waals surface area contributed by atoms with Gasteiger partial charge in [0.1, 0.15) is 0 Å². The Bertz CT molecular complexity index is 156. The van der Waals surface area contributed by atoms with Crippen LogP contribution in [0.25, 0.3) is 0 Å². The molecule has 0 radical (unpaired) electrons. The molecule has 0 aromatic carbocycles. The van der Waals surface area contributed by atoms with Gasteiger partial charge in [-0.25, -0.2) is 5.90 Å². The third-order valence-corrected chi connectivity index (χ3v) is 2.01. The average molecular weight is 278 g/mol. The number of unbranched alkanes of at least 4 members (excludes halogenated alkanes) is 2. The second kappa shape index (κ2) is 26.0. The van der Waals surface area contributed by atoms with Crippen LogP contribution in [0.2, 0.25) is 0 Å². The van der Waals surface area contributed by atoms with Crippen molar-refractivity contribution >= 4 is 5.91 Å². The van der Waals surface area contributed by atoms with Gasteiger partial charge < -0.3 is 14.9 Å². The molecule has 0 spiro atoms. The monoisotopic (exact) mass is 278 g/mol. The molecule has 0 aliphatic rings. The van der Waals surface area contributed by atoms with E-state index in [0.717, 1.165) is 25.7 Å². The Morgan fingerprint density at radius 2 is 1.63 bits per heavy atom. The number of ether oxygens (including phenoxy) is 1. The summed E-state index contributed by atoms with van der Waals surface area (Å²) in [6.45, 7) is 9.95. The highest BCUT2D eigenvalue weighted by atomic mass is 16.6. The summed E-state index contributed by atoms with van der Waals surface area (Å²) in [5.41, 5.74) is 0. The standard InChI is InChI=1S/C10H22N2O3.2C2H6/c1-14-8-5-7-12-10(13)6-3-2-4-9-15-11;2*1-2/h2-9,11H2,1H3,(H,12,13);2*1-2H3. The number of nitrogens with one attached hydrogen (secondary N) is 1. The van der Waals surface area contributed by atoms with E-state index in [1.807, 2.05) is 27.7 Å². The Labute approximate surface area is 119 Å². The lowest BCUT2D eigenvalue weighted by molar-refractivity contribution is -0.121. The number of nitrogens with two attached hydrogens (primary N) is 1. The predicted molar refractivity (Wildman–Crippen MR) is 80.8 cm³/mol. The summed E-state index contributed by atoms with van der Waals surface area (Å²) in [4.78, 5) is 15.7. The van der Waals surface area contributed by atoms with Crippen LogP contribution < -0.4 is 11.2 Å². The quantitative estimate of drug-likeness (QED) is 0.476. The van der Waals surface area contributed by atoms with Crippen molar-refractivity contribution < 1.29 is 14.4 Å². The molecule has 118 valence electrons. The molecular weight excluding hydrogens is 244 g/mol. The van der Waals surface area contributed by atoms with Crippen molar-refractivity contribution in [2.24, 2.45) is 5.90 Å². The van der Waals surface area contributed by atoms with E-state index in [9.17, 15) is 4.79 Å². The third-order valence-electron chi connectivity index (χ3n) is 2.01. The molecule has 0 saturated heterocycles. The maximum atomic E-state index is 11.2. The van der Waals surface area contributed by atoms with E-state index >= 15 is 0 Å². The van der Waals surface area contributed by atoms with Gasteiger partial charge in [-0.3, -0.25) is 4.79 Å². The molecule has 19 heavy (non-hydrogen) atoms. The first-order valence-corrected chi connectivity index (χ1v) is 7.38. The second-order valence-corrected chi connectivity index (χ2v) is 3.38. The summed E-state index contributed by atoms with van der Waals surface area (Å²) in [5.74, 6) is 4.98. The summed E-state index contributed by atoms with van der Waals surface area (Å²) >= 11 is 0. The predicted octanol–water partition coefficient (Wildman–Crippen LogP) is 2.64. The molecule has 0 aliphatic carbocycles. The van der Waals surface area contributed by atoms with Gasteiger partial charge in [0.25, 0.3) is 0 Å². The zero-order chi connectivity index (χ0) is 15.4. The maximum Gasteiger partial charge on any atom is 0.219 e. The van der Waals surface area contributed by atoms with Crippen molar-refractivity contribution in [1.29, 1.82) is 0 Å². The van der Waals surface area contributed by atoms with Gasteiger partial charge >= 0.3 is 0 Å². The second-order valence-electron chi connectivity index (χ2n) is 3.38. The van der Waals surface area contributed by atoms with Crippen molar-refractivity contribution in [3.8, 4) is 0 Å². The summed E-state index contributed by atoms with van der Waals surface area (Å²) in [6.07, 6.45) is 4.22. The van der Waals surface area contributed by atoms with Crippen LogP contribution in [0.3, 0.4) is 0 Å². The number of carbonyl (C=O) groups is 1. The van der Waals surface area contributed by atoms with E-state index in [4.69, 9.17) is 10.6 Å². The summed E-state index contributed by atoms with van der Waals surface area (Å²) in [5, 5.41) is 2.83. The van der Waals surface area contributed by atoms with Gasteiger partial charge in [0, 0.05) is 26.7 Å². The fraction of sp³-hybridized carbons (Fsp3) is 0.929. The fourth-order valence-corrected chi connectivity index (χ4v) is 1.18. The molecule has 0 saturated carbocycles. The first kappa shape index (κ1) is 23.4. The smallest absolute Gasteiger partial charge is 0.219 e. The van der Waals surface area contributed by atoms with Gasteiger partial charge in [0.05, 0.1) is 6.61 Å². The molecule has 0 rings (SSSR count). The molecule has 0 bridgehead atoms. The SMILES string of the molecule is CC.CC.COCCCNC(=O)CCCCCON. The van der Waals surface area contributed by atoms with Crippen LogP contribution in [-0.4, -0.2) is 32.8 Å². The van der Waals surface area contributed by atoms with Crippen molar-refractivity contribution in [1.82, 2.24) is 5.32 Å². The lowest BCUT2D eigenvalue weighted by Gasteiger charge is -2.04. The number of amides is 1. The van der Waals surface area contributed by atoms with Gasteiger partial charge in [-0.1, -0.05) is 34.1 Å². The van der Waals surface area contributed by atoms with Crippen molar-refractivity contribution in [3.05, 3.63) is 0 Å². The molecule has 0 aliphatic heterocycles. The molecule has 0 aromatic rings. The van der Waals surface area contributed by atoms with Crippen LogP contribution in [-0.2, 0) is 14.4 Å². The summed E-state index contributed by atoms with van der Waals surface area (Å²) in [6, 6.07) is 0. The molecule has 0 atom stereocenters. The lowest BCUT2D eigenvalue weighted by Crippen LogP contribution is -2.24. The zero-order valence-electron chi connectivity index (χ0n) is 13.5. The van der Waals surface area contributed by atoms with E-state index in [1.54, 1.807) is 7.11 Å². The minimum absolute atomic E-state index is 0.111. The Kier molecular flexibility index (Phi) is 32.1.